The van der Waals surface area contributed by atoms with Gasteiger partial charge in [-0.15, -0.1) is 0 Å². The Bertz CT molecular complexity index is 1030. The molecule has 1 N–H and O–H groups in total. The molecule has 0 aliphatic carbocycles. The van der Waals surface area contributed by atoms with E-state index in [-0.39, 0.29) is 4.90 Å². The predicted octanol–water partition coefficient (Wildman–Crippen LogP) is 3.17. The Hall–Kier alpha value is -1.84. The maximum absolute atomic E-state index is 12.5. The highest BCUT2D eigenvalue weighted by Gasteiger charge is 2.23. The molecule has 6 nitrogen and oxygen atoms in total. The molecule has 1 amide bonds. The van der Waals surface area contributed by atoms with Crippen molar-refractivity contribution >= 4 is 60.1 Å². The zero-order valence-electron chi connectivity index (χ0n) is 12.5. The Morgan fingerprint density at radius 2 is 2.04 bits per heavy atom. The van der Waals surface area contributed by atoms with E-state index < -0.39 is 21.5 Å². The monoisotopic (exact) mass is 425 g/mol. The molecule has 0 fully saturated rings. The van der Waals surface area contributed by atoms with Gasteiger partial charge in [-0.05, 0) is 52.7 Å². The number of benzene rings is 2. The number of carbonyl (C=O) groups is 1. The van der Waals surface area contributed by atoms with Crippen LogP contribution in [0.15, 0.2) is 45.8 Å². The molecule has 0 saturated heterocycles. The van der Waals surface area contributed by atoms with Crippen molar-refractivity contribution in [2.75, 3.05) is 11.1 Å². The summed E-state index contributed by atoms with van der Waals surface area (Å²) in [7, 11) is -3.82. The second-order valence-corrected chi connectivity index (χ2v) is 8.52. The number of nitrogens with zero attached hydrogens (tertiary/aromatic N) is 2. The Labute approximate surface area is 151 Å². The van der Waals surface area contributed by atoms with Gasteiger partial charge in [0, 0.05) is 4.47 Å². The first-order valence-electron chi connectivity index (χ1n) is 6.87. The zero-order valence-corrected chi connectivity index (χ0v) is 15.7. The smallest absolute Gasteiger partial charge is 0.239 e. The number of rotatable bonds is 4. The molecule has 0 radical (unpaired) electrons. The molecule has 0 bridgehead atoms. The van der Waals surface area contributed by atoms with Crippen LogP contribution in [0.25, 0.3) is 11.0 Å². The van der Waals surface area contributed by atoms with Crippen molar-refractivity contribution in [3.63, 3.8) is 0 Å². The van der Waals surface area contributed by atoms with Crippen LogP contribution in [0.2, 0.25) is 0 Å². The minimum Gasteiger partial charge on any atom is -0.324 e. The molecule has 0 aliphatic rings. The van der Waals surface area contributed by atoms with Gasteiger partial charge in [-0.2, -0.15) is 8.75 Å². The van der Waals surface area contributed by atoms with E-state index in [0.29, 0.717) is 21.2 Å². The van der Waals surface area contributed by atoms with Gasteiger partial charge < -0.3 is 5.32 Å². The lowest BCUT2D eigenvalue weighted by molar-refractivity contribution is -0.113. The average Bonchev–Trinajstić information content (AvgIpc) is 2.97. The lowest BCUT2D eigenvalue weighted by atomic mass is 10.2. The number of nitrogens with one attached hydrogen (secondary N) is 1. The average molecular weight is 426 g/mol. The van der Waals surface area contributed by atoms with Crippen molar-refractivity contribution in [3.8, 4) is 0 Å². The van der Waals surface area contributed by atoms with Crippen LogP contribution in [0.3, 0.4) is 0 Å². The summed E-state index contributed by atoms with van der Waals surface area (Å²) in [5, 5.41) is 2.61. The molecule has 0 unspecified atom stereocenters. The predicted molar refractivity (Wildman–Crippen MR) is 97.0 cm³/mol. The standard InChI is InChI=1S/C15H12BrN3O3S2/c1-9-5-6-11(10(16)7-9)17-14(20)8-24(21,22)13-4-2-3-12-15(13)19-23-18-12/h2-7H,8H2,1H3,(H,17,20). The summed E-state index contributed by atoms with van der Waals surface area (Å²) in [6, 6.07) is 10.1. The SMILES string of the molecule is Cc1ccc(NC(=O)CS(=O)(=O)c2cccc3nsnc23)c(Br)c1. The van der Waals surface area contributed by atoms with Crippen molar-refractivity contribution in [1.29, 1.82) is 0 Å². The maximum atomic E-state index is 12.5. The Kier molecular flexibility index (Phi) is 4.66. The van der Waals surface area contributed by atoms with E-state index in [4.69, 9.17) is 0 Å². The van der Waals surface area contributed by atoms with Gasteiger partial charge in [-0.3, -0.25) is 4.79 Å². The van der Waals surface area contributed by atoms with E-state index >= 15 is 0 Å². The van der Waals surface area contributed by atoms with Gasteiger partial charge in [0.2, 0.25) is 5.91 Å². The van der Waals surface area contributed by atoms with Gasteiger partial charge in [-0.1, -0.05) is 12.1 Å². The third-order valence-corrected chi connectivity index (χ3v) is 6.14. The molecular formula is C15H12BrN3O3S2. The third kappa shape index (κ3) is 3.47. The highest BCUT2D eigenvalue weighted by atomic mass is 79.9. The summed E-state index contributed by atoms with van der Waals surface area (Å²) < 4.78 is 33.8. The lowest BCUT2D eigenvalue weighted by Gasteiger charge is -2.09. The molecule has 9 heteroatoms. The number of hydrogen-bond acceptors (Lipinski definition) is 6. The molecule has 124 valence electrons. The van der Waals surface area contributed by atoms with Crippen LogP contribution < -0.4 is 5.32 Å². The molecule has 0 saturated carbocycles. The molecular weight excluding hydrogens is 414 g/mol. The number of sulfone groups is 1. The molecule has 3 aromatic rings. The topological polar surface area (TPSA) is 89.0 Å². The fourth-order valence-corrected chi connectivity index (χ4v) is 4.69. The number of carbonyl (C=O) groups excluding carboxylic acids is 1. The normalized spacial score (nSPS) is 11.6. The van der Waals surface area contributed by atoms with Gasteiger partial charge in [0.25, 0.3) is 0 Å². The first-order chi connectivity index (χ1) is 11.4. The van der Waals surface area contributed by atoms with Crippen LogP contribution in [0, 0.1) is 6.92 Å². The summed E-state index contributed by atoms with van der Waals surface area (Å²) in [5.41, 5.74) is 2.35. The molecule has 24 heavy (non-hydrogen) atoms. The fraction of sp³-hybridized carbons (Fsp3) is 0.133. The maximum Gasteiger partial charge on any atom is 0.239 e. The van der Waals surface area contributed by atoms with Gasteiger partial charge in [0.1, 0.15) is 16.8 Å². The fourth-order valence-electron chi connectivity index (χ4n) is 2.19. The van der Waals surface area contributed by atoms with E-state index in [2.05, 4.69) is 30.0 Å². The lowest BCUT2D eigenvalue weighted by Crippen LogP contribution is -2.23. The van der Waals surface area contributed by atoms with E-state index in [9.17, 15) is 13.2 Å². The quantitative estimate of drug-likeness (QED) is 0.692. The Morgan fingerprint density at radius 1 is 1.25 bits per heavy atom. The summed E-state index contributed by atoms with van der Waals surface area (Å²) in [6.07, 6.45) is 0. The molecule has 0 atom stereocenters. The summed E-state index contributed by atoms with van der Waals surface area (Å²) in [5.74, 6) is -1.27. The van der Waals surface area contributed by atoms with Gasteiger partial charge in [0.15, 0.2) is 9.84 Å². The highest BCUT2D eigenvalue weighted by Crippen LogP contribution is 2.25. The Morgan fingerprint density at radius 3 is 2.79 bits per heavy atom. The van der Waals surface area contributed by atoms with Crippen LogP contribution >= 0.6 is 27.7 Å². The number of anilines is 1. The molecule has 3 rings (SSSR count). The van der Waals surface area contributed by atoms with Gasteiger partial charge in [0.05, 0.1) is 22.3 Å². The largest absolute Gasteiger partial charge is 0.324 e. The first-order valence-corrected chi connectivity index (χ1v) is 10.0. The number of aryl methyl sites for hydroxylation is 1. The molecule has 2 aromatic carbocycles. The third-order valence-electron chi connectivity index (χ3n) is 3.30. The minimum atomic E-state index is -3.82. The summed E-state index contributed by atoms with van der Waals surface area (Å²) >= 11 is 4.28. The van der Waals surface area contributed by atoms with E-state index in [0.717, 1.165) is 17.3 Å². The summed E-state index contributed by atoms with van der Waals surface area (Å²) in [6.45, 7) is 1.92. The van der Waals surface area contributed by atoms with Crippen molar-refractivity contribution in [2.24, 2.45) is 0 Å². The van der Waals surface area contributed by atoms with E-state index in [1.807, 2.05) is 19.1 Å². The number of amides is 1. The van der Waals surface area contributed by atoms with Crippen molar-refractivity contribution in [3.05, 3.63) is 46.4 Å². The molecule has 0 aliphatic heterocycles. The van der Waals surface area contributed by atoms with Crippen LogP contribution in [0.1, 0.15) is 5.56 Å². The van der Waals surface area contributed by atoms with Crippen LogP contribution in [0.5, 0.6) is 0 Å². The molecule has 1 heterocycles. The van der Waals surface area contributed by atoms with E-state index in [1.54, 1.807) is 18.2 Å². The molecule has 0 spiro atoms. The minimum absolute atomic E-state index is 0.0203. The number of aromatic nitrogens is 2. The van der Waals surface area contributed by atoms with Crippen molar-refractivity contribution in [1.82, 2.24) is 8.75 Å². The second-order valence-electron chi connectivity index (χ2n) is 5.18. The van der Waals surface area contributed by atoms with Crippen LogP contribution in [-0.4, -0.2) is 28.8 Å². The first kappa shape index (κ1) is 17.0. The van der Waals surface area contributed by atoms with Crippen molar-refractivity contribution in [2.45, 2.75) is 11.8 Å². The number of halogens is 1. The van der Waals surface area contributed by atoms with Crippen LogP contribution in [0.4, 0.5) is 5.69 Å². The molecule has 1 aromatic heterocycles. The highest BCUT2D eigenvalue weighted by molar-refractivity contribution is 9.10. The van der Waals surface area contributed by atoms with Crippen molar-refractivity contribution < 1.29 is 13.2 Å². The Balaban J connectivity index is 1.84. The van der Waals surface area contributed by atoms with Gasteiger partial charge >= 0.3 is 0 Å². The number of fused-ring (bicyclic) bond motifs is 1. The van der Waals surface area contributed by atoms with E-state index in [1.165, 1.54) is 6.07 Å². The second kappa shape index (κ2) is 6.58. The summed E-state index contributed by atoms with van der Waals surface area (Å²) in [4.78, 5) is 12.2. The number of hydrogen-bond donors (Lipinski definition) is 1. The van der Waals surface area contributed by atoms with Gasteiger partial charge in [-0.25, -0.2) is 8.42 Å². The van der Waals surface area contributed by atoms with Crippen LogP contribution in [-0.2, 0) is 14.6 Å². The zero-order chi connectivity index (χ0) is 17.3.